The Balaban J connectivity index is -0.000000519. The summed E-state index contributed by atoms with van der Waals surface area (Å²) in [7, 11) is 3.90. The number of Topliss-reactive ketones (excluding diaryl/α,β-unsaturated/α-hetero) is 1. The van der Waals surface area contributed by atoms with Gasteiger partial charge in [0.05, 0.1) is 26.9 Å². The molecule has 9 heteroatoms. The molecule has 1 saturated heterocycles. The molecule has 0 saturated carbocycles. The fourth-order valence-electron chi connectivity index (χ4n) is 3.45. The summed E-state index contributed by atoms with van der Waals surface area (Å²) < 4.78 is 18.6. The van der Waals surface area contributed by atoms with Crippen molar-refractivity contribution in [1.82, 2.24) is 0 Å². The van der Waals surface area contributed by atoms with Crippen molar-refractivity contribution >= 4 is 29.8 Å². The van der Waals surface area contributed by atoms with E-state index in [0.717, 1.165) is 18.8 Å². The fourth-order valence-corrected chi connectivity index (χ4v) is 3.45. The molecular weight excluding hydrogens is 515 g/mol. The number of fused-ring (bicyclic) bond motifs is 1. The average molecular weight is 555 g/mol. The summed E-state index contributed by atoms with van der Waals surface area (Å²) in [4.78, 5) is 45.2. The number of methoxy groups -OCH3 is 3. The van der Waals surface area contributed by atoms with Crippen LogP contribution in [0.1, 0.15) is 61.0 Å². The third-order valence-corrected chi connectivity index (χ3v) is 5.30. The number of hydrogen-bond acceptors (Lipinski definition) is 8. The van der Waals surface area contributed by atoms with E-state index < -0.39 is 23.8 Å². The van der Waals surface area contributed by atoms with Crippen LogP contribution in [0.25, 0.3) is 6.08 Å². The maximum atomic E-state index is 11.7. The minimum absolute atomic E-state index is 0. The zero-order valence-electron chi connectivity index (χ0n) is 22.2. The molecule has 0 amide bonds. The summed E-state index contributed by atoms with van der Waals surface area (Å²) in [6, 6.07) is 14.1. The van der Waals surface area contributed by atoms with Crippen LogP contribution in [0.5, 0.6) is 0 Å². The van der Waals surface area contributed by atoms with E-state index in [9.17, 15) is 19.2 Å². The summed E-state index contributed by atoms with van der Waals surface area (Å²) in [5, 5.41) is 0. The van der Waals surface area contributed by atoms with E-state index in [1.54, 1.807) is 36.4 Å². The molecule has 1 fully saturated rings. The minimum atomic E-state index is -0.627. The Morgan fingerprint density at radius 1 is 0.895 bits per heavy atom. The smallest absolute Gasteiger partial charge is 1.00 e. The van der Waals surface area contributed by atoms with Crippen molar-refractivity contribution in [3.63, 3.8) is 0 Å². The first-order chi connectivity index (χ1) is 16.9. The molecule has 1 atom stereocenters. The van der Waals surface area contributed by atoms with Gasteiger partial charge in [-0.2, -0.15) is 0 Å². The van der Waals surface area contributed by atoms with Gasteiger partial charge in [-0.05, 0) is 42.5 Å². The van der Waals surface area contributed by atoms with Crippen LogP contribution in [0.4, 0.5) is 0 Å². The zero-order valence-corrected chi connectivity index (χ0v) is 24.3. The standard InChI is InChI=1S/C12H12O4.C11H10O3.C4H8O.2CH4.K.H/c1-15-11(13)8-7-9-5-3-4-6-10(9)12(14)16-2;1-14-11(13)9-6-7-4-2-3-5-8(7)10(9)12;1-2-4-5-3-1;;;;/h3-8H,1-2H3;2-5,9H,6H2,1H3;1-4H2;2*1H4;;/q;;;;;+1;-1/b8-7+;;;;;;. The van der Waals surface area contributed by atoms with Crippen LogP contribution in [0.2, 0.25) is 0 Å². The molecule has 8 nitrogen and oxygen atoms in total. The second-order valence-electron chi connectivity index (χ2n) is 7.56. The second-order valence-corrected chi connectivity index (χ2v) is 7.56. The second kappa shape index (κ2) is 20.8. The summed E-state index contributed by atoms with van der Waals surface area (Å²) in [6.45, 7) is 2.00. The summed E-state index contributed by atoms with van der Waals surface area (Å²) in [5.74, 6) is -2.10. The number of rotatable bonds is 4. The van der Waals surface area contributed by atoms with Gasteiger partial charge in [-0.15, -0.1) is 0 Å². The van der Waals surface area contributed by atoms with Crippen LogP contribution in [-0.2, 0) is 35.0 Å². The molecule has 1 aliphatic carbocycles. The Kier molecular flexibility index (Phi) is 20.8. The van der Waals surface area contributed by atoms with Crippen molar-refractivity contribution in [2.45, 2.75) is 34.1 Å². The van der Waals surface area contributed by atoms with Gasteiger partial charge in [0, 0.05) is 24.9 Å². The Morgan fingerprint density at radius 3 is 2.03 bits per heavy atom. The van der Waals surface area contributed by atoms with E-state index in [1.807, 2.05) is 12.1 Å². The summed E-state index contributed by atoms with van der Waals surface area (Å²) >= 11 is 0. The van der Waals surface area contributed by atoms with Gasteiger partial charge in [0.2, 0.25) is 0 Å². The van der Waals surface area contributed by atoms with E-state index >= 15 is 0 Å². The Labute approximate surface area is 270 Å². The van der Waals surface area contributed by atoms with Gasteiger partial charge in [-0.1, -0.05) is 57.3 Å². The van der Waals surface area contributed by atoms with Crippen LogP contribution in [-0.4, -0.2) is 58.2 Å². The van der Waals surface area contributed by atoms with Crippen LogP contribution in [0.3, 0.4) is 0 Å². The molecular formula is C29H39KO8. The average Bonchev–Trinajstić information content (AvgIpc) is 3.59. The van der Waals surface area contributed by atoms with Crippen LogP contribution in [0.15, 0.2) is 54.6 Å². The van der Waals surface area contributed by atoms with Crippen molar-refractivity contribution in [2.24, 2.45) is 5.92 Å². The number of carbonyl (C=O) groups is 4. The molecule has 0 N–H and O–H groups in total. The molecule has 2 aromatic rings. The topological polar surface area (TPSA) is 105 Å². The molecule has 4 rings (SSSR count). The van der Waals surface area contributed by atoms with Crippen molar-refractivity contribution < 1.29 is 90.9 Å². The first-order valence-electron chi connectivity index (χ1n) is 11.1. The van der Waals surface area contributed by atoms with E-state index in [0.29, 0.717) is 23.1 Å². The Hall–Kier alpha value is -2.14. The number of hydrogen-bond donors (Lipinski definition) is 0. The number of carbonyl (C=O) groups excluding carboxylic acids is 4. The predicted octanol–water partition coefficient (Wildman–Crippen LogP) is 2.06. The number of esters is 3. The molecule has 1 aliphatic heterocycles. The number of benzene rings is 2. The first kappa shape index (κ1) is 38.0. The number of ether oxygens (including phenoxy) is 4. The van der Waals surface area contributed by atoms with Gasteiger partial charge in [0.25, 0.3) is 0 Å². The fraction of sp³-hybridized carbons (Fsp3) is 0.379. The van der Waals surface area contributed by atoms with Crippen molar-refractivity contribution in [2.75, 3.05) is 34.5 Å². The van der Waals surface area contributed by atoms with Gasteiger partial charge >= 0.3 is 69.3 Å². The van der Waals surface area contributed by atoms with Gasteiger partial charge in [0.1, 0.15) is 5.92 Å². The molecule has 0 aromatic heterocycles. The molecule has 204 valence electrons. The van der Waals surface area contributed by atoms with E-state index in [1.165, 1.54) is 46.3 Å². The van der Waals surface area contributed by atoms with Gasteiger partial charge < -0.3 is 20.4 Å². The molecule has 0 spiro atoms. The first-order valence-corrected chi connectivity index (χ1v) is 11.1. The van der Waals surface area contributed by atoms with Gasteiger partial charge in [-0.3, -0.25) is 9.59 Å². The molecule has 1 unspecified atom stereocenters. The van der Waals surface area contributed by atoms with Gasteiger partial charge in [0.15, 0.2) is 5.78 Å². The van der Waals surface area contributed by atoms with Crippen LogP contribution >= 0.6 is 0 Å². The Morgan fingerprint density at radius 2 is 1.50 bits per heavy atom. The quantitative estimate of drug-likeness (QED) is 0.186. The van der Waals surface area contributed by atoms with Crippen molar-refractivity contribution in [3.05, 3.63) is 76.9 Å². The molecule has 2 aromatic carbocycles. The van der Waals surface area contributed by atoms with Crippen LogP contribution < -0.4 is 51.4 Å². The molecule has 0 radical (unpaired) electrons. The third-order valence-electron chi connectivity index (χ3n) is 5.30. The molecule has 38 heavy (non-hydrogen) atoms. The molecule has 0 bridgehead atoms. The van der Waals surface area contributed by atoms with Crippen molar-refractivity contribution in [1.29, 1.82) is 0 Å². The monoisotopic (exact) mass is 554 g/mol. The van der Waals surface area contributed by atoms with E-state index in [-0.39, 0.29) is 73.4 Å². The maximum Gasteiger partial charge on any atom is 1.00 e. The molecule has 2 aliphatic rings. The van der Waals surface area contributed by atoms with Crippen molar-refractivity contribution in [3.8, 4) is 0 Å². The van der Waals surface area contributed by atoms with E-state index in [4.69, 9.17) is 4.74 Å². The maximum absolute atomic E-state index is 11.7. The minimum Gasteiger partial charge on any atom is -1.00 e. The Bertz CT molecular complexity index is 1060. The predicted molar refractivity (Wildman–Crippen MR) is 143 cm³/mol. The van der Waals surface area contributed by atoms with E-state index in [2.05, 4.69) is 14.2 Å². The largest absolute Gasteiger partial charge is 1.00 e. The summed E-state index contributed by atoms with van der Waals surface area (Å²) in [5.41, 5.74) is 2.61. The van der Waals surface area contributed by atoms with Crippen LogP contribution in [0, 0.1) is 5.92 Å². The SMILES string of the molecule is C.C.C1CCOC1.COC(=O)/C=C/c1ccccc1C(=O)OC.COC(=O)C1Cc2ccccc2C1=O.[H-].[K+]. The van der Waals surface area contributed by atoms with Gasteiger partial charge in [-0.25, -0.2) is 9.59 Å². The normalized spacial score (nSPS) is 14.5. The summed E-state index contributed by atoms with van der Waals surface area (Å²) in [6.07, 6.45) is 5.79. The third kappa shape index (κ3) is 11.7. The number of ketones is 1. The molecule has 1 heterocycles. The zero-order chi connectivity index (χ0) is 25.6.